The molecular weight excluding hydrogens is 407 g/mol. The van der Waals surface area contributed by atoms with Crippen LogP contribution in [0.2, 0.25) is 0 Å². The van der Waals surface area contributed by atoms with E-state index < -0.39 is 29.3 Å². The number of nitrogens with zero attached hydrogens (tertiary/aromatic N) is 4. The summed E-state index contributed by atoms with van der Waals surface area (Å²) in [6.45, 7) is 0.279. The van der Waals surface area contributed by atoms with Crippen LogP contribution < -0.4 is 0 Å². The van der Waals surface area contributed by atoms with E-state index in [9.17, 15) is 22.4 Å². The topological polar surface area (TPSA) is 59.0 Å². The van der Waals surface area contributed by atoms with Gasteiger partial charge in [-0.1, -0.05) is 0 Å². The SMILES string of the molecule is CN1Cc2c(ccnc2-c2cc(C(F)c3cc(F)cc(C(F)(F)F)c3)cnn2)C1=O. The van der Waals surface area contributed by atoms with Gasteiger partial charge >= 0.3 is 6.18 Å². The van der Waals surface area contributed by atoms with Crippen molar-refractivity contribution >= 4 is 5.91 Å². The summed E-state index contributed by atoms with van der Waals surface area (Å²) in [5, 5.41) is 7.64. The lowest BCUT2D eigenvalue weighted by Gasteiger charge is -2.13. The van der Waals surface area contributed by atoms with Gasteiger partial charge < -0.3 is 4.90 Å². The fourth-order valence-electron chi connectivity index (χ4n) is 3.34. The molecule has 3 heterocycles. The highest BCUT2D eigenvalue weighted by atomic mass is 19.4. The largest absolute Gasteiger partial charge is 0.416 e. The van der Waals surface area contributed by atoms with Crippen LogP contribution in [0.3, 0.4) is 0 Å². The van der Waals surface area contributed by atoms with Crippen molar-refractivity contribution in [1.82, 2.24) is 20.1 Å². The maximum atomic E-state index is 15.0. The minimum absolute atomic E-state index is 0.115. The van der Waals surface area contributed by atoms with Gasteiger partial charge in [-0.3, -0.25) is 9.78 Å². The molecule has 5 nitrogen and oxygen atoms in total. The first kappa shape index (κ1) is 19.9. The Kier molecular flexibility index (Phi) is 4.71. The molecule has 0 radical (unpaired) electrons. The van der Waals surface area contributed by atoms with E-state index >= 15 is 4.39 Å². The Morgan fingerprint density at radius 3 is 2.63 bits per heavy atom. The molecule has 1 aromatic carbocycles. The number of amides is 1. The zero-order chi connectivity index (χ0) is 21.6. The van der Waals surface area contributed by atoms with Gasteiger partial charge in [-0.2, -0.15) is 18.3 Å². The molecule has 0 spiro atoms. The molecule has 0 fully saturated rings. The third-order valence-electron chi connectivity index (χ3n) is 4.78. The lowest BCUT2D eigenvalue weighted by Crippen LogP contribution is -2.17. The van der Waals surface area contributed by atoms with Crippen LogP contribution >= 0.6 is 0 Å². The Labute approximate surface area is 167 Å². The van der Waals surface area contributed by atoms with Crippen molar-refractivity contribution in [2.45, 2.75) is 18.9 Å². The second-order valence-electron chi connectivity index (χ2n) is 6.85. The van der Waals surface area contributed by atoms with Crippen LogP contribution in [-0.2, 0) is 12.7 Å². The summed E-state index contributed by atoms with van der Waals surface area (Å²) >= 11 is 0. The van der Waals surface area contributed by atoms with Crippen molar-refractivity contribution in [1.29, 1.82) is 0 Å². The van der Waals surface area contributed by atoms with E-state index in [1.54, 1.807) is 13.1 Å². The fourth-order valence-corrected chi connectivity index (χ4v) is 3.34. The molecule has 0 N–H and O–H groups in total. The van der Waals surface area contributed by atoms with E-state index in [4.69, 9.17) is 0 Å². The Bertz CT molecular complexity index is 1150. The molecule has 154 valence electrons. The first-order chi connectivity index (χ1) is 14.1. The summed E-state index contributed by atoms with van der Waals surface area (Å²) in [6.07, 6.45) is -4.43. The quantitative estimate of drug-likeness (QED) is 0.592. The van der Waals surface area contributed by atoms with Gasteiger partial charge in [0.05, 0.1) is 17.5 Å². The smallest absolute Gasteiger partial charge is 0.337 e. The van der Waals surface area contributed by atoms with Gasteiger partial charge in [0.2, 0.25) is 0 Å². The fraction of sp³-hybridized carbons (Fsp3) is 0.200. The van der Waals surface area contributed by atoms with Gasteiger partial charge in [-0.15, -0.1) is 5.10 Å². The average molecular weight is 420 g/mol. The van der Waals surface area contributed by atoms with Crippen LogP contribution in [0, 0.1) is 5.82 Å². The average Bonchev–Trinajstić information content (AvgIpc) is 3.00. The summed E-state index contributed by atoms with van der Waals surface area (Å²) in [6, 6.07) is 4.40. The Morgan fingerprint density at radius 1 is 1.13 bits per heavy atom. The van der Waals surface area contributed by atoms with Gasteiger partial charge in [-0.25, -0.2) is 8.78 Å². The summed E-state index contributed by atoms with van der Waals surface area (Å²) in [5.74, 6) is -1.39. The van der Waals surface area contributed by atoms with Crippen molar-refractivity contribution < 1.29 is 26.7 Å². The van der Waals surface area contributed by atoms with E-state index in [1.165, 1.54) is 17.2 Å². The number of rotatable bonds is 3. The number of halogens is 5. The second-order valence-corrected chi connectivity index (χ2v) is 6.85. The Balaban J connectivity index is 1.74. The number of carbonyl (C=O) groups excluding carboxylic acids is 1. The molecule has 3 aromatic rings. The van der Waals surface area contributed by atoms with Crippen LogP contribution in [-0.4, -0.2) is 33.0 Å². The van der Waals surface area contributed by atoms with E-state index in [2.05, 4.69) is 15.2 Å². The molecule has 1 amide bonds. The van der Waals surface area contributed by atoms with Gasteiger partial charge in [-0.05, 0) is 35.9 Å². The number of aromatic nitrogens is 3. The highest BCUT2D eigenvalue weighted by molar-refractivity contribution is 5.99. The number of pyridine rings is 1. The zero-order valence-electron chi connectivity index (χ0n) is 15.4. The molecular formula is C20H13F5N4O. The number of benzene rings is 1. The lowest BCUT2D eigenvalue weighted by molar-refractivity contribution is -0.137. The molecule has 1 unspecified atom stereocenters. The van der Waals surface area contributed by atoms with Gasteiger partial charge in [0.15, 0.2) is 6.17 Å². The monoisotopic (exact) mass is 420 g/mol. The molecule has 10 heteroatoms. The summed E-state index contributed by atoms with van der Waals surface area (Å²) in [4.78, 5) is 17.9. The minimum Gasteiger partial charge on any atom is -0.337 e. The van der Waals surface area contributed by atoms with Crippen molar-refractivity contribution in [3.8, 4) is 11.4 Å². The number of hydrogen-bond acceptors (Lipinski definition) is 4. The van der Waals surface area contributed by atoms with Crippen LogP contribution in [0.5, 0.6) is 0 Å². The van der Waals surface area contributed by atoms with Crippen molar-refractivity contribution in [2.24, 2.45) is 0 Å². The first-order valence-corrected chi connectivity index (χ1v) is 8.73. The molecule has 1 atom stereocenters. The maximum Gasteiger partial charge on any atom is 0.416 e. The van der Waals surface area contributed by atoms with Gasteiger partial charge in [0.1, 0.15) is 11.5 Å². The van der Waals surface area contributed by atoms with E-state index in [1.807, 2.05) is 0 Å². The Hall–Kier alpha value is -3.43. The predicted octanol–water partition coefficient (Wildman–Crippen LogP) is 4.34. The zero-order valence-corrected chi connectivity index (χ0v) is 15.4. The van der Waals surface area contributed by atoms with Crippen LogP contribution in [0.4, 0.5) is 22.0 Å². The summed E-state index contributed by atoms with van der Waals surface area (Å²) < 4.78 is 67.5. The van der Waals surface area contributed by atoms with Crippen LogP contribution in [0.15, 0.2) is 42.7 Å². The van der Waals surface area contributed by atoms with E-state index in [0.29, 0.717) is 35.0 Å². The normalized spacial score (nSPS) is 14.7. The number of hydrogen-bond donors (Lipinski definition) is 0. The number of carbonyl (C=O) groups is 1. The molecule has 1 aliphatic rings. The Morgan fingerprint density at radius 2 is 1.90 bits per heavy atom. The van der Waals surface area contributed by atoms with Crippen molar-refractivity contribution in [2.75, 3.05) is 7.05 Å². The lowest BCUT2D eigenvalue weighted by atomic mass is 10.00. The molecule has 30 heavy (non-hydrogen) atoms. The van der Waals surface area contributed by atoms with E-state index in [0.717, 1.165) is 6.20 Å². The third kappa shape index (κ3) is 3.49. The highest BCUT2D eigenvalue weighted by Crippen LogP contribution is 2.35. The number of alkyl halides is 4. The van der Waals surface area contributed by atoms with E-state index in [-0.39, 0.29) is 23.7 Å². The standard InChI is InChI=1S/C20H13F5N4O/c1-29-9-15-14(19(29)30)2-3-26-18(15)16-6-11(8-27-28-16)17(22)10-4-12(20(23,24)25)7-13(21)5-10/h2-8,17H,9H2,1H3. The van der Waals surface area contributed by atoms with Crippen molar-refractivity contribution in [3.63, 3.8) is 0 Å². The molecule has 0 saturated heterocycles. The van der Waals surface area contributed by atoms with Crippen LogP contribution in [0.1, 0.15) is 38.8 Å². The summed E-state index contributed by atoms with van der Waals surface area (Å²) in [5.41, 5.74) is -0.391. The second kappa shape index (κ2) is 7.12. The van der Waals surface area contributed by atoms with Crippen molar-refractivity contribution in [3.05, 3.63) is 76.4 Å². The molecule has 0 bridgehead atoms. The first-order valence-electron chi connectivity index (χ1n) is 8.73. The van der Waals surface area contributed by atoms with Crippen LogP contribution in [0.25, 0.3) is 11.4 Å². The maximum absolute atomic E-state index is 15.0. The molecule has 4 rings (SSSR count). The summed E-state index contributed by atoms with van der Waals surface area (Å²) in [7, 11) is 1.62. The number of fused-ring (bicyclic) bond motifs is 1. The molecule has 0 saturated carbocycles. The highest BCUT2D eigenvalue weighted by Gasteiger charge is 2.33. The minimum atomic E-state index is -4.81. The molecule has 1 aliphatic heterocycles. The molecule has 0 aliphatic carbocycles. The van der Waals surface area contributed by atoms with Gasteiger partial charge in [0.25, 0.3) is 5.91 Å². The van der Waals surface area contributed by atoms with Gasteiger partial charge in [0, 0.05) is 36.5 Å². The molecule has 2 aromatic heterocycles. The third-order valence-corrected chi connectivity index (χ3v) is 4.78. The predicted molar refractivity (Wildman–Crippen MR) is 95.4 cm³/mol.